The number of nitrogens with zero attached hydrogens (tertiary/aromatic N) is 1. The molecule has 0 aliphatic rings. The van der Waals surface area contributed by atoms with Crippen molar-refractivity contribution in [1.29, 1.82) is 0 Å². The number of rotatable bonds is 2. The average Bonchev–Trinajstić information content (AvgIpc) is 2.08. The van der Waals surface area contributed by atoms with Crippen LogP contribution in [0, 0.1) is 17.0 Å². The molecule has 0 amide bonds. The molecule has 0 aromatic heterocycles. The fourth-order valence-electron chi connectivity index (χ4n) is 1.40. The van der Waals surface area contributed by atoms with Gasteiger partial charge < -0.3 is 5.73 Å². The summed E-state index contributed by atoms with van der Waals surface area (Å²) in [6, 6.07) is 3.59. The van der Waals surface area contributed by atoms with Crippen LogP contribution in [0.5, 0.6) is 0 Å². The fraction of sp³-hybridized carbons (Fsp3) is 0.400. The van der Waals surface area contributed by atoms with Crippen LogP contribution in [0.15, 0.2) is 12.1 Å². The Kier molecular flexibility index (Phi) is 2.74. The monoisotopic (exact) mass is 194 g/mol. The number of hydrogen-bond donors (Lipinski definition) is 1. The van der Waals surface area contributed by atoms with E-state index in [1.54, 1.807) is 13.0 Å². The Morgan fingerprint density at radius 3 is 2.43 bits per heavy atom. The van der Waals surface area contributed by atoms with E-state index >= 15 is 0 Å². The van der Waals surface area contributed by atoms with Gasteiger partial charge in [0.2, 0.25) is 0 Å². The minimum Gasteiger partial charge on any atom is -0.393 e. The summed E-state index contributed by atoms with van der Waals surface area (Å²) in [7, 11) is 0. The average molecular weight is 194 g/mol. The normalized spacial score (nSPS) is 10.6. The van der Waals surface area contributed by atoms with Gasteiger partial charge in [0, 0.05) is 5.56 Å². The van der Waals surface area contributed by atoms with Gasteiger partial charge in [-0.1, -0.05) is 26.0 Å². The highest BCUT2D eigenvalue weighted by molar-refractivity contribution is 5.67. The first-order chi connectivity index (χ1) is 6.45. The second-order valence-corrected chi connectivity index (χ2v) is 3.65. The zero-order chi connectivity index (χ0) is 10.9. The van der Waals surface area contributed by atoms with Crippen LogP contribution in [0.2, 0.25) is 0 Å². The van der Waals surface area contributed by atoms with Crippen LogP contribution in [-0.2, 0) is 0 Å². The molecule has 0 unspecified atom stereocenters. The molecule has 14 heavy (non-hydrogen) atoms. The van der Waals surface area contributed by atoms with Crippen LogP contribution in [0.1, 0.15) is 30.9 Å². The number of nitrogens with two attached hydrogens (primary N) is 1. The van der Waals surface area contributed by atoms with Gasteiger partial charge in [0.1, 0.15) is 5.69 Å². The number of nitrogen functional groups attached to an aromatic ring is 1. The van der Waals surface area contributed by atoms with Crippen molar-refractivity contribution in [2.45, 2.75) is 26.7 Å². The third kappa shape index (κ3) is 1.69. The number of aryl methyl sites for hydroxylation is 1. The van der Waals surface area contributed by atoms with Crippen LogP contribution in [0.3, 0.4) is 0 Å². The van der Waals surface area contributed by atoms with E-state index < -0.39 is 4.92 Å². The molecule has 4 nitrogen and oxygen atoms in total. The Labute approximate surface area is 82.9 Å². The van der Waals surface area contributed by atoms with Gasteiger partial charge in [-0.25, -0.2) is 0 Å². The predicted molar refractivity (Wildman–Crippen MR) is 56.3 cm³/mol. The highest BCUT2D eigenvalue weighted by Gasteiger charge is 2.21. The maximum Gasteiger partial charge on any atom is 0.295 e. The fourth-order valence-corrected chi connectivity index (χ4v) is 1.40. The second kappa shape index (κ2) is 3.65. The van der Waals surface area contributed by atoms with E-state index in [0.29, 0.717) is 5.56 Å². The molecule has 0 bridgehead atoms. The topological polar surface area (TPSA) is 69.2 Å². The smallest absolute Gasteiger partial charge is 0.295 e. The first-order valence-corrected chi connectivity index (χ1v) is 4.48. The summed E-state index contributed by atoms with van der Waals surface area (Å²) in [5.41, 5.74) is 7.46. The molecule has 4 heteroatoms. The van der Waals surface area contributed by atoms with Crippen LogP contribution >= 0.6 is 0 Å². The molecule has 1 aromatic rings. The zero-order valence-electron chi connectivity index (χ0n) is 8.57. The summed E-state index contributed by atoms with van der Waals surface area (Å²) >= 11 is 0. The van der Waals surface area contributed by atoms with Gasteiger partial charge in [-0.15, -0.1) is 0 Å². The van der Waals surface area contributed by atoms with E-state index in [-0.39, 0.29) is 17.3 Å². The lowest BCUT2D eigenvalue weighted by atomic mass is 9.98. The Hall–Kier alpha value is -1.58. The van der Waals surface area contributed by atoms with Crippen molar-refractivity contribution in [2.24, 2.45) is 0 Å². The van der Waals surface area contributed by atoms with Crippen LogP contribution in [0.4, 0.5) is 11.4 Å². The molecule has 0 fully saturated rings. The number of benzene rings is 1. The standard InChI is InChI=1S/C10H14N2O2/c1-6(2)8-5-4-7(3)9(11)10(8)12(13)14/h4-6H,11H2,1-3H3. The molecule has 0 heterocycles. The van der Waals surface area contributed by atoms with Crippen molar-refractivity contribution in [3.63, 3.8) is 0 Å². The minimum atomic E-state index is -0.405. The third-order valence-corrected chi connectivity index (χ3v) is 2.27. The molecule has 0 radical (unpaired) electrons. The summed E-state index contributed by atoms with van der Waals surface area (Å²) in [4.78, 5) is 10.4. The van der Waals surface area contributed by atoms with Crippen molar-refractivity contribution in [2.75, 3.05) is 5.73 Å². The zero-order valence-corrected chi connectivity index (χ0v) is 8.57. The van der Waals surface area contributed by atoms with Gasteiger partial charge in [0.05, 0.1) is 4.92 Å². The number of nitro groups is 1. The van der Waals surface area contributed by atoms with Gasteiger partial charge in [0.15, 0.2) is 0 Å². The van der Waals surface area contributed by atoms with E-state index in [1.165, 1.54) is 0 Å². The molecule has 1 rings (SSSR count). The Balaban J connectivity index is 3.45. The second-order valence-electron chi connectivity index (χ2n) is 3.65. The number of hydrogen-bond acceptors (Lipinski definition) is 3. The summed E-state index contributed by atoms with van der Waals surface area (Å²) in [5, 5.41) is 10.8. The lowest BCUT2D eigenvalue weighted by molar-refractivity contribution is -0.384. The Bertz CT molecular complexity index is 373. The molecule has 0 spiro atoms. The Morgan fingerprint density at radius 2 is 2.00 bits per heavy atom. The summed E-state index contributed by atoms with van der Waals surface area (Å²) < 4.78 is 0. The highest BCUT2D eigenvalue weighted by Crippen LogP contribution is 2.33. The Morgan fingerprint density at radius 1 is 1.43 bits per heavy atom. The predicted octanol–water partition coefficient (Wildman–Crippen LogP) is 2.61. The largest absolute Gasteiger partial charge is 0.393 e. The van der Waals surface area contributed by atoms with Crippen LogP contribution in [0.25, 0.3) is 0 Å². The first-order valence-electron chi connectivity index (χ1n) is 4.48. The van der Waals surface area contributed by atoms with Gasteiger partial charge in [-0.05, 0) is 18.4 Å². The van der Waals surface area contributed by atoms with Gasteiger partial charge >= 0.3 is 0 Å². The van der Waals surface area contributed by atoms with Crippen LogP contribution in [-0.4, -0.2) is 4.92 Å². The molecule has 2 N–H and O–H groups in total. The molecule has 0 aliphatic heterocycles. The maximum atomic E-state index is 10.8. The van der Waals surface area contributed by atoms with Crippen LogP contribution < -0.4 is 5.73 Å². The van der Waals surface area contributed by atoms with Crippen molar-refractivity contribution < 1.29 is 4.92 Å². The van der Waals surface area contributed by atoms with Gasteiger partial charge in [-0.2, -0.15) is 0 Å². The summed E-state index contributed by atoms with van der Waals surface area (Å²) in [5.74, 6) is 0.110. The molecule has 0 atom stereocenters. The molecule has 76 valence electrons. The molecule has 0 saturated heterocycles. The van der Waals surface area contributed by atoms with Crippen molar-refractivity contribution >= 4 is 11.4 Å². The van der Waals surface area contributed by atoms with Gasteiger partial charge in [0.25, 0.3) is 5.69 Å². The molecule has 0 saturated carbocycles. The number of nitro benzene ring substituents is 1. The quantitative estimate of drug-likeness (QED) is 0.447. The van der Waals surface area contributed by atoms with E-state index in [1.807, 2.05) is 19.9 Å². The van der Waals surface area contributed by atoms with Crippen molar-refractivity contribution in [3.05, 3.63) is 33.4 Å². The van der Waals surface area contributed by atoms with Crippen molar-refractivity contribution in [1.82, 2.24) is 0 Å². The molecule has 0 aliphatic carbocycles. The lowest BCUT2D eigenvalue weighted by Gasteiger charge is -2.09. The van der Waals surface area contributed by atoms with E-state index in [2.05, 4.69) is 0 Å². The number of anilines is 1. The first kappa shape index (κ1) is 10.5. The van der Waals surface area contributed by atoms with Crippen molar-refractivity contribution in [3.8, 4) is 0 Å². The third-order valence-electron chi connectivity index (χ3n) is 2.27. The highest BCUT2D eigenvalue weighted by atomic mass is 16.6. The SMILES string of the molecule is Cc1ccc(C(C)C)c([N+](=O)[O-])c1N. The van der Waals surface area contributed by atoms with E-state index in [4.69, 9.17) is 5.73 Å². The summed E-state index contributed by atoms with van der Waals surface area (Å²) in [6.45, 7) is 5.60. The molecular formula is C10H14N2O2. The molecular weight excluding hydrogens is 180 g/mol. The lowest BCUT2D eigenvalue weighted by Crippen LogP contribution is -2.03. The van der Waals surface area contributed by atoms with Gasteiger partial charge in [-0.3, -0.25) is 10.1 Å². The summed E-state index contributed by atoms with van der Waals surface area (Å²) in [6.07, 6.45) is 0. The van der Waals surface area contributed by atoms with E-state index in [0.717, 1.165) is 5.56 Å². The van der Waals surface area contributed by atoms with E-state index in [9.17, 15) is 10.1 Å². The minimum absolute atomic E-state index is 0.0556. The molecule has 1 aromatic carbocycles. The maximum absolute atomic E-state index is 10.8.